The van der Waals surface area contributed by atoms with E-state index in [1.807, 2.05) is 54.6 Å². The first kappa shape index (κ1) is 21.9. The molecule has 7 nitrogen and oxygen atoms in total. The van der Waals surface area contributed by atoms with Crippen LogP contribution in [0.15, 0.2) is 78.9 Å². The minimum absolute atomic E-state index is 0.0175. The third kappa shape index (κ3) is 4.70. The van der Waals surface area contributed by atoms with Gasteiger partial charge in [-0.1, -0.05) is 54.6 Å². The lowest BCUT2D eigenvalue weighted by Crippen LogP contribution is -2.49. The highest BCUT2D eigenvalue weighted by Gasteiger charge is 2.22. The van der Waals surface area contributed by atoms with E-state index in [-0.39, 0.29) is 5.91 Å². The molecule has 0 radical (unpaired) electrons. The molecular formula is C27H27N5O2. The van der Waals surface area contributed by atoms with Crippen molar-refractivity contribution in [3.63, 3.8) is 0 Å². The lowest BCUT2D eigenvalue weighted by Gasteiger charge is -2.35. The number of amides is 1. The molecule has 0 aliphatic carbocycles. The van der Waals surface area contributed by atoms with Crippen LogP contribution in [0.1, 0.15) is 0 Å². The van der Waals surface area contributed by atoms with Crippen molar-refractivity contribution in [2.75, 3.05) is 50.1 Å². The minimum Gasteiger partial charge on any atom is -0.497 e. The molecule has 1 aliphatic rings. The summed E-state index contributed by atoms with van der Waals surface area (Å²) < 4.78 is 5.16. The van der Waals surface area contributed by atoms with Crippen molar-refractivity contribution in [2.45, 2.75) is 0 Å². The quantitative estimate of drug-likeness (QED) is 0.475. The van der Waals surface area contributed by atoms with Gasteiger partial charge in [0.1, 0.15) is 11.4 Å². The van der Waals surface area contributed by atoms with Gasteiger partial charge in [-0.2, -0.15) is 0 Å². The summed E-state index contributed by atoms with van der Waals surface area (Å²) >= 11 is 0. The van der Waals surface area contributed by atoms with Crippen molar-refractivity contribution >= 4 is 28.2 Å². The van der Waals surface area contributed by atoms with E-state index in [1.54, 1.807) is 7.11 Å². The standard InChI is InChI=1S/C27H27N5O2/c1-34-22-13-11-21(12-14-22)28-25(33)19-31-15-17-32(18-16-31)27-24-10-6-5-9-23(24)26(29-30-27)20-7-3-2-4-8-20/h2-14H,15-19H2,1H3,(H,28,33). The Hall–Kier alpha value is -3.97. The summed E-state index contributed by atoms with van der Waals surface area (Å²) in [6, 6.07) is 25.8. The van der Waals surface area contributed by atoms with E-state index in [4.69, 9.17) is 4.74 Å². The lowest BCUT2D eigenvalue weighted by molar-refractivity contribution is -0.117. The van der Waals surface area contributed by atoms with E-state index in [2.05, 4.69) is 49.6 Å². The highest BCUT2D eigenvalue weighted by atomic mass is 16.5. The molecule has 0 spiro atoms. The number of methoxy groups -OCH3 is 1. The van der Waals surface area contributed by atoms with Gasteiger partial charge in [0, 0.05) is 48.2 Å². The van der Waals surface area contributed by atoms with Crippen LogP contribution in [-0.4, -0.2) is 60.8 Å². The van der Waals surface area contributed by atoms with Crippen LogP contribution in [0, 0.1) is 0 Å². The first-order chi connectivity index (χ1) is 16.7. The number of ether oxygens (including phenoxy) is 1. The van der Waals surface area contributed by atoms with Crippen molar-refractivity contribution in [2.24, 2.45) is 0 Å². The topological polar surface area (TPSA) is 70.6 Å². The van der Waals surface area contributed by atoms with Gasteiger partial charge in [-0.25, -0.2) is 0 Å². The highest BCUT2D eigenvalue weighted by molar-refractivity contribution is 6.00. The Balaban J connectivity index is 1.25. The SMILES string of the molecule is COc1ccc(NC(=O)CN2CCN(c3nnc(-c4ccccc4)c4ccccc34)CC2)cc1. The Kier molecular flexibility index (Phi) is 6.35. The van der Waals surface area contributed by atoms with Crippen molar-refractivity contribution in [1.82, 2.24) is 15.1 Å². The number of carbonyl (C=O) groups is 1. The molecule has 0 saturated carbocycles. The number of anilines is 2. The Morgan fingerprint density at radius 3 is 2.24 bits per heavy atom. The van der Waals surface area contributed by atoms with Crippen LogP contribution in [0.4, 0.5) is 11.5 Å². The molecule has 1 amide bonds. The molecule has 0 unspecified atom stereocenters. The van der Waals surface area contributed by atoms with E-state index >= 15 is 0 Å². The Bertz CT molecular complexity index is 1270. The summed E-state index contributed by atoms with van der Waals surface area (Å²) in [6.45, 7) is 3.51. The number of nitrogens with zero attached hydrogens (tertiary/aromatic N) is 4. The fraction of sp³-hybridized carbons (Fsp3) is 0.222. The Labute approximate surface area is 199 Å². The number of carbonyl (C=O) groups excluding carboxylic acids is 1. The number of hydrogen-bond acceptors (Lipinski definition) is 6. The summed E-state index contributed by atoms with van der Waals surface area (Å²) in [5, 5.41) is 14.4. The highest BCUT2D eigenvalue weighted by Crippen LogP contribution is 2.31. The average Bonchev–Trinajstić information content (AvgIpc) is 2.89. The molecule has 3 aromatic carbocycles. The van der Waals surface area contributed by atoms with E-state index in [0.717, 1.165) is 65.5 Å². The van der Waals surface area contributed by atoms with Gasteiger partial charge in [0.2, 0.25) is 5.91 Å². The predicted octanol–water partition coefficient (Wildman–Crippen LogP) is 4.07. The number of piperazine rings is 1. The largest absolute Gasteiger partial charge is 0.497 e. The number of hydrogen-bond donors (Lipinski definition) is 1. The molecule has 1 aromatic heterocycles. The summed E-state index contributed by atoms with van der Waals surface area (Å²) in [7, 11) is 1.62. The predicted molar refractivity (Wildman–Crippen MR) is 135 cm³/mol. The molecule has 172 valence electrons. The molecule has 1 saturated heterocycles. The molecule has 0 bridgehead atoms. The van der Waals surface area contributed by atoms with Gasteiger partial charge in [-0.3, -0.25) is 9.69 Å². The van der Waals surface area contributed by atoms with Gasteiger partial charge in [0.15, 0.2) is 5.82 Å². The monoisotopic (exact) mass is 453 g/mol. The van der Waals surface area contributed by atoms with Crippen molar-refractivity contribution in [3.05, 3.63) is 78.9 Å². The van der Waals surface area contributed by atoms with E-state index < -0.39 is 0 Å². The van der Waals surface area contributed by atoms with Crippen LogP contribution in [0.25, 0.3) is 22.0 Å². The smallest absolute Gasteiger partial charge is 0.238 e. The summed E-state index contributed by atoms with van der Waals surface area (Å²) in [6.07, 6.45) is 0. The minimum atomic E-state index is -0.0175. The van der Waals surface area contributed by atoms with Gasteiger partial charge in [-0.15, -0.1) is 10.2 Å². The van der Waals surface area contributed by atoms with E-state index in [1.165, 1.54) is 0 Å². The zero-order valence-electron chi connectivity index (χ0n) is 19.1. The first-order valence-corrected chi connectivity index (χ1v) is 11.4. The van der Waals surface area contributed by atoms with Gasteiger partial charge >= 0.3 is 0 Å². The van der Waals surface area contributed by atoms with Crippen LogP contribution in [0.3, 0.4) is 0 Å². The van der Waals surface area contributed by atoms with Crippen LogP contribution in [0.5, 0.6) is 5.75 Å². The van der Waals surface area contributed by atoms with Crippen molar-refractivity contribution in [3.8, 4) is 17.0 Å². The maximum atomic E-state index is 12.5. The van der Waals surface area contributed by atoms with Crippen LogP contribution >= 0.6 is 0 Å². The van der Waals surface area contributed by atoms with Gasteiger partial charge in [0.25, 0.3) is 0 Å². The van der Waals surface area contributed by atoms with Crippen LogP contribution in [-0.2, 0) is 4.79 Å². The summed E-state index contributed by atoms with van der Waals surface area (Å²) in [4.78, 5) is 16.9. The fourth-order valence-electron chi connectivity index (χ4n) is 4.33. The fourth-order valence-corrected chi connectivity index (χ4v) is 4.33. The average molecular weight is 454 g/mol. The third-order valence-electron chi connectivity index (χ3n) is 6.13. The molecular weight excluding hydrogens is 426 g/mol. The molecule has 4 aromatic rings. The molecule has 34 heavy (non-hydrogen) atoms. The third-order valence-corrected chi connectivity index (χ3v) is 6.13. The molecule has 1 aliphatic heterocycles. The summed E-state index contributed by atoms with van der Waals surface area (Å²) in [5.74, 6) is 1.65. The normalized spacial score (nSPS) is 14.2. The number of fused-ring (bicyclic) bond motifs is 1. The second-order valence-corrected chi connectivity index (χ2v) is 8.32. The van der Waals surface area contributed by atoms with Crippen LogP contribution < -0.4 is 15.0 Å². The Morgan fingerprint density at radius 2 is 1.53 bits per heavy atom. The molecule has 1 N–H and O–H groups in total. The van der Waals surface area contributed by atoms with Gasteiger partial charge in [0.05, 0.1) is 13.7 Å². The molecule has 2 heterocycles. The summed E-state index contributed by atoms with van der Waals surface area (Å²) in [5.41, 5.74) is 2.73. The zero-order chi connectivity index (χ0) is 23.3. The van der Waals surface area contributed by atoms with Crippen molar-refractivity contribution < 1.29 is 9.53 Å². The molecule has 7 heteroatoms. The second-order valence-electron chi connectivity index (χ2n) is 8.32. The molecule has 1 fully saturated rings. The van der Waals surface area contributed by atoms with Crippen LogP contribution in [0.2, 0.25) is 0 Å². The lowest BCUT2D eigenvalue weighted by atomic mass is 10.0. The maximum Gasteiger partial charge on any atom is 0.238 e. The second kappa shape index (κ2) is 9.89. The maximum absolute atomic E-state index is 12.5. The van der Waals surface area contributed by atoms with E-state index in [9.17, 15) is 4.79 Å². The zero-order valence-corrected chi connectivity index (χ0v) is 19.1. The molecule has 5 rings (SSSR count). The van der Waals surface area contributed by atoms with E-state index in [0.29, 0.717) is 6.54 Å². The first-order valence-electron chi connectivity index (χ1n) is 11.4. The van der Waals surface area contributed by atoms with Gasteiger partial charge in [-0.05, 0) is 24.3 Å². The molecule has 0 atom stereocenters. The number of rotatable bonds is 6. The van der Waals surface area contributed by atoms with Gasteiger partial charge < -0.3 is 15.0 Å². The number of aromatic nitrogens is 2. The van der Waals surface area contributed by atoms with Crippen molar-refractivity contribution in [1.29, 1.82) is 0 Å². The number of nitrogens with one attached hydrogen (secondary N) is 1. The Morgan fingerprint density at radius 1 is 0.853 bits per heavy atom. The number of benzene rings is 3.